The van der Waals surface area contributed by atoms with Gasteiger partial charge in [-0.1, -0.05) is 44.7 Å². The second kappa shape index (κ2) is 12.4. The molecule has 4 nitrogen and oxygen atoms in total. The highest BCUT2D eigenvalue weighted by atomic mass is 19.4. The molecule has 0 aliphatic heterocycles. The summed E-state index contributed by atoms with van der Waals surface area (Å²) in [4.78, 5) is 23.2. The number of rotatable bonds is 12. The molecule has 0 spiro atoms. The topological polar surface area (TPSA) is 52.6 Å². The first kappa shape index (κ1) is 23.0. The summed E-state index contributed by atoms with van der Waals surface area (Å²) in [5.41, 5.74) is -0.278. The van der Waals surface area contributed by atoms with Crippen LogP contribution in [0.25, 0.3) is 0 Å². The van der Waals surface area contributed by atoms with Gasteiger partial charge in [0, 0.05) is 12.8 Å². The van der Waals surface area contributed by atoms with Crippen LogP contribution in [0.4, 0.5) is 13.2 Å². The Morgan fingerprint density at radius 1 is 0.852 bits per heavy atom. The molecule has 0 amide bonds. The van der Waals surface area contributed by atoms with Crippen molar-refractivity contribution in [3.8, 4) is 0 Å². The van der Waals surface area contributed by atoms with Crippen molar-refractivity contribution in [1.29, 1.82) is 0 Å². The summed E-state index contributed by atoms with van der Waals surface area (Å²) in [7, 11) is 0. The van der Waals surface area contributed by atoms with Crippen molar-refractivity contribution < 1.29 is 32.2 Å². The largest absolute Gasteiger partial charge is 0.466 e. The number of hydrogen-bond donors (Lipinski definition) is 0. The number of esters is 2. The predicted molar refractivity (Wildman–Crippen MR) is 94.8 cm³/mol. The number of ether oxygens (including phenoxy) is 2. The summed E-state index contributed by atoms with van der Waals surface area (Å²) < 4.78 is 47.5. The summed E-state index contributed by atoms with van der Waals surface area (Å²) >= 11 is 0. The first-order chi connectivity index (χ1) is 12.8. The third kappa shape index (κ3) is 10.6. The third-order valence-corrected chi connectivity index (χ3v) is 3.95. The van der Waals surface area contributed by atoms with Gasteiger partial charge in [-0.3, -0.25) is 9.59 Å². The average molecular weight is 388 g/mol. The van der Waals surface area contributed by atoms with Gasteiger partial charge in [-0.05, 0) is 30.5 Å². The van der Waals surface area contributed by atoms with Gasteiger partial charge in [0.1, 0.15) is 6.61 Å². The molecular formula is C20H27F3O4. The molecule has 0 aliphatic rings. The van der Waals surface area contributed by atoms with Gasteiger partial charge in [0.25, 0.3) is 0 Å². The highest BCUT2D eigenvalue weighted by Gasteiger charge is 2.29. The van der Waals surface area contributed by atoms with Crippen molar-refractivity contribution in [1.82, 2.24) is 0 Å². The highest BCUT2D eigenvalue weighted by molar-refractivity contribution is 5.72. The fourth-order valence-corrected chi connectivity index (χ4v) is 2.37. The van der Waals surface area contributed by atoms with Crippen molar-refractivity contribution >= 4 is 11.9 Å². The zero-order valence-electron chi connectivity index (χ0n) is 15.6. The number of benzene rings is 1. The van der Waals surface area contributed by atoms with Crippen molar-refractivity contribution in [2.45, 2.75) is 71.1 Å². The van der Waals surface area contributed by atoms with Crippen LogP contribution in [0.2, 0.25) is 0 Å². The third-order valence-electron chi connectivity index (χ3n) is 3.95. The van der Waals surface area contributed by atoms with Crippen molar-refractivity contribution in [3.63, 3.8) is 0 Å². The summed E-state index contributed by atoms with van der Waals surface area (Å²) in [5.74, 6) is -0.830. The second-order valence-electron chi connectivity index (χ2n) is 6.34. The maximum Gasteiger partial charge on any atom is 0.416 e. The van der Waals surface area contributed by atoms with Gasteiger partial charge in [-0.15, -0.1) is 0 Å². The first-order valence-electron chi connectivity index (χ1n) is 9.30. The minimum absolute atomic E-state index is 0.0617. The van der Waals surface area contributed by atoms with Crippen LogP contribution >= 0.6 is 0 Å². The monoisotopic (exact) mass is 388 g/mol. The van der Waals surface area contributed by atoms with Crippen molar-refractivity contribution in [2.24, 2.45) is 0 Å². The number of unbranched alkanes of at least 4 members (excludes halogenated alkanes) is 4. The van der Waals surface area contributed by atoms with Gasteiger partial charge >= 0.3 is 18.1 Å². The van der Waals surface area contributed by atoms with E-state index in [9.17, 15) is 22.8 Å². The SMILES string of the molecule is CCCCCCCOC(=O)CCCC(=O)OCc1ccc(C(F)(F)F)cc1. The maximum absolute atomic E-state index is 12.5. The molecule has 0 saturated heterocycles. The molecule has 0 radical (unpaired) electrons. The van der Waals surface area contributed by atoms with Crippen molar-refractivity contribution in [3.05, 3.63) is 35.4 Å². The lowest BCUT2D eigenvalue weighted by atomic mass is 10.1. The average Bonchev–Trinajstić information content (AvgIpc) is 2.62. The molecule has 0 heterocycles. The Balaban J connectivity index is 2.12. The first-order valence-corrected chi connectivity index (χ1v) is 9.30. The molecular weight excluding hydrogens is 361 g/mol. The van der Waals surface area contributed by atoms with Crippen molar-refractivity contribution in [2.75, 3.05) is 6.61 Å². The molecule has 0 aliphatic carbocycles. The number of carbonyl (C=O) groups is 2. The Bertz CT molecular complexity index is 568. The van der Waals surface area contributed by atoms with Crippen LogP contribution in [0.15, 0.2) is 24.3 Å². The molecule has 7 heteroatoms. The molecule has 0 fully saturated rings. The summed E-state index contributed by atoms with van der Waals surface area (Å²) in [5, 5.41) is 0. The van der Waals surface area contributed by atoms with Crippen LogP contribution in [0.5, 0.6) is 0 Å². The van der Waals surface area contributed by atoms with E-state index >= 15 is 0 Å². The number of hydrogen-bond acceptors (Lipinski definition) is 4. The molecule has 152 valence electrons. The molecule has 0 atom stereocenters. The smallest absolute Gasteiger partial charge is 0.416 e. The molecule has 0 unspecified atom stereocenters. The zero-order valence-corrected chi connectivity index (χ0v) is 15.6. The molecule has 0 N–H and O–H groups in total. The minimum atomic E-state index is -4.39. The minimum Gasteiger partial charge on any atom is -0.466 e. The van der Waals surface area contributed by atoms with E-state index in [1.165, 1.54) is 18.6 Å². The van der Waals surface area contributed by atoms with Gasteiger partial charge < -0.3 is 9.47 Å². The molecule has 0 bridgehead atoms. The van der Waals surface area contributed by atoms with Crippen LogP contribution < -0.4 is 0 Å². The Kier molecular flexibility index (Phi) is 10.5. The van der Waals surface area contributed by atoms with E-state index in [0.29, 0.717) is 18.6 Å². The van der Waals surface area contributed by atoms with E-state index < -0.39 is 17.7 Å². The number of carbonyl (C=O) groups excluding carboxylic acids is 2. The lowest BCUT2D eigenvalue weighted by Crippen LogP contribution is -2.09. The molecule has 1 rings (SSSR count). The van der Waals surface area contributed by atoms with Crippen LogP contribution in [0.1, 0.15) is 69.4 Å². The van der Waals surface area contributed by atoms with Gasteiger partial charge in [0.05, 0.1) is 12.2 Å². The van der Waals surface area contributed by atoms with E-state index in [1.54, 1.807) is 0 Å². The van der Waals surface area contributed by atoms with Crippen LogP contribution in [-0.2, 0) is 31.8 Å². The second-order valence-corrected chi connectivity index (χ2v) is 6.34. The highest BCUT2D eigenvalue weighted by Crippen LogP contribution is 2.29. The maximum atomic E-state index is 12.5. The van der Waals surface area contributed by atoms with Crippen LogP contribution in [0.3, 0.4) is 0 Å². The molecule has 1 aromatic carbocycles. The van der Waals surface area contributed by atoms with Crippen LogP contribution in [-0.4, -0.2) is 18.5 Å². The van der Waals surface area contributed by atoms with E-state index in [4.69, 9.17) is 9.47 Å². The van der Waals surface area contributed by atoms with Gasteiger partial charge in [-0.2, -0.15) is 13.2 Å². The molecule has 0 saturated carbocycles. The van der Waals surface area contributed by atoms with E-state index in [-0.39, 0.29) is 25.4 Å². The van der Waals surface area contributed by atoms with Gasteiger partial charge in [0.15, 0.2) is 0 Å². The zero-order chi connectivity index (χ0) is 20.1. The molecule has 0 aromatic heterocycles. The normalized spacial score (nSPS) is 11.3. The van der Waals surface area contributed by atoms with E-state index in [2.05, 4.69) is 6.92 Å². The van der Waals surface area contributed by atoms with Gasteiger partial charge in [-0.25, -0.2) is 0 Å². The Morgan fingerprint density at radius 3 is 2.04 bits per heavy atom. The summed E-state index contributed by atoms with van der Waals surface area (Å²) in [6, 6.07) is 4.44. The lowest BCUT2D eigenvalue weighted by molar-refractivity contribution is -0.146. The number of alkyl halides is 3. The van der Waals surface area contributed by atoms with Crippen LogP contribution in [0, 0.1) is 0 Å². The number of halogens is 3. The summed E-state index contributed by atoms with van der Waals surface area (Å²) in [6.45, 7) is 2.44. The van der Waals surface area contributed by atoms with E-state index in [1.807, 2.05) is 0 Å². The fraction of sp³-hybridized carbons (Fsp3) is 0.600. The molecule has 1 aromatic rings. The fourth-order valence-electron chi connectivity index (χ4n) is 2.37. The van der Waals surface area contributed by atoms with Gasteiger partial charge in [0.2, 0.25) is 0 Å². The molecule has 27 heavy (non-hydrogen) atoms. The lowest BCUT2D eigenvalue weighted by Gasteiger charge is -2.08. The predicted octanol–water partition coefficient (Wildman–Crippen LogP) is 5.43. The Hall–Kier alpha value is -2.05. The Labute approximate surface area is 158 Å². The summed E-state index contributed by atoms with van der Waals surface area (Å²) in [6.07, 6.45) is 1.50. The quantitative estimate of drug-likeness (QED) is 0.354. The standard InChI is InChI=1S/C20H27F3O4/c1-2-3-4-5-6-14-26-18(24)8-7-9-19(25)27-15-16-10-12-17(13-11-16)20(21,22)23/h10-13H,2-9,14-15H2,1H3. The Morgan fingerprint density at radius 2 is 1.44 bits per heavy atom. The van der Waals surface area contributed by atoms with E-state index in [0.717, 1.165) is 37.8 Å².